The van der Waals surface area contributed by atoms with Crippen LogP contribution in [0.2, 0.25) is 5.02 Å². The predicted octanol–water partition coefficient (Wildman–Crippen LogP) is 3.44. The third-order valence-electron chi connectivity index (χ3n) is 3.72. The molecule has 6 nitrogen and oxygen atoms in total. The number of nitrogens with zero attached hydrogens (tertiary/aromatic N) is 1. The lowest BCUT2D eigenvalue weighted by Gasteiger charge is -2.13. The van der Waals surface area contributed by atoms with Crippen LogP contribution < -0.4 is 10.5 Å². The Kier molecular flexibility index (Phi) is 5.83. The number of hydrogen-bond acceptors (Lipinski definition) is 5. The molecule has 2 aromatic carbocycles. The molecule has 138 valence electrons. The number of carbonyl (C=O) groups excluding carboxylic acids is 3. The Morgan fingerprint density at radius 1 is 1.15 bits per heavy atom. The highest BCUT2D eigenvalue weighted by Crippen LogP contribution is 2.34. The van der Waals surface area contributed by atoms with Crippen molar-refractivity contribution < 1.29 is 19.1 Å². The van der Waals surface area contributed by atoms with E-state index in [2.05, 4.69) is 0 Å². The van der Waals surface area contributed by atoms with Crippen molar-refractivity contribution in [1.82, 2.24) is 4.90 Å². The van der Waals surface area contributed by atoms with Gasteiger partial charge in [0.2, 0.25) is 0 Å². The fraction of sp³-hybridized carbons (Fsp3) is 0.105. The van der Waals surface area contributed by atoms with E-state index in [-0.39, 0.29) is 24.3 Å². The molecule has 3 rings (SSSR count). The maximum Gasteiger partial charge on any atom is 0.293 e. The summed E-state index contributed by atoms with van der Waals surface area (Å²) in [6, 6.07) is 13.8. The van der Waals surface area contributed by atoms with Gasteiger partial charge in [-0.15, -0.1) is 0 Å². The van der Waals surface area contributed by atoms with E-state index in [0.29, 0.717) is 21.2 Å². The van der Waals surface area contributed by atoms with Gasteiger partial charge in [0.25, 0.3) is 17.1 Å². The summed E-state index contributed by atoms with van der Waals surface area (Å²) in [6.45, 7) is -0.0815. The minimum atomic E-state index is -0.564. The zero-order chi connectivity index (χ0) is 19.4. The fourth-order valence-corrected chi connectivity index (χ4v) is 3.43. The Balaban J connectivity index is 1.72. The molecular formula is C19H15ClN2O4S. The van der Waals surface area contributed by atoms with Crippen LogP contribution in [0.15, 0.2) is 53.4 Å². The molecule has 2 N–H and O–H groups in total. The number of benzene rings is 2. The Labute approximate surface area is 164 Å². The molecule has 1 aliphatic heterocycles. The quantitative estimate of drug-likeness (QED) is 0.747. The lowest BCUT2D eigenvalue weighted by Crippen LogP contribution is -2.27. The van der Waals surface area contributed by atoms with Crippen molar-refractivity contribution in [2.75, 3.05) is 6.61 Å². The van der Waals surface area contributed by atoms with Gasteiger partial charge < -0.3 is 10.5 Å². The first-order valence-corrected chi connectivity index (χ1v) is 9.13. The molecule has 1 fully saturated rings. The largest absolute Gasteiger partial charge is 0.484 e. The van der Waals surface area contributed by atoms with Crippen molar-refractivity contribution >= 4 is 46.5 Å². The maximum absolute atomic E-state index is 12.6. The van der Waals surface area contributed by atoms with Crippen LogP contribution >= 0.6 is 23.4 Å². The van der Waals surface area contributed by atoms with Crippen LogP contribution in [0.5, 0.6) is 5.75 Å². The number of amides is 3. The van der Waals surface area contributed by atoms with E-state index in [1.54, 1.807) is 54.6 Å². The molecule has 27 heavy (non-hydrogen) atoms. The van der Waals surface area contributed by atoms with Gasteiger partial charge in [0.1, 0.15) is 5.75 Å². The number of thioether (sulfide) groups is 1. The van der Waals surface area contributed by atoms with E-state index in [4.69, 9.17) is 22.1 Å². The number of rotatable bonds is 6. The van der Waals surface area contributed by atoms with Crippen LogP contribution in [0.4, 0.5) is 4.79 Å². The highest BCUT2D eigenvalue weighted by molar-refractivity contribution is 8.18. The van der Waals surface area contributed by atoms with Crippen LogP contribution in [0.1, 0.15) is 11.1 Å². The molecule has 0 radical (unpaired) electrons. The molecule has 1 heterocycles. The molecule has 8 heteroatoms. The summed E-state index contributed by atoms with van der Waals surface area (Å²) < 4.78 is 5.18. The summed E-state index contributed by atoms with van der Waals surface area (Å²) in [7, 11) is 0. The van der Waals surface area contributed by atoms with Crippen LogP contribution in [0, 0.1) is 0 Å². The first-order chi connectivity index (χ1) is 12.9. The predicted molar refractivity (Wildman–Crippen MR) is 104 cm³/mol. The molecule has 3 amide bonds. The molecule has 0 saturated carbocycles. The zero-order valence-electron chi connectivity index (χ0n) is 14.1. The molecule has 0 atom stereocenters. The van der Waals surface area contributed by atoms with Gasteiger partial charge in [-0.05, 0) is 47.2 Å². The van der Waals surface area contributed by atoms with Gasteiger partial charge in [-0.3, -0.25) is 19.3 Å². The second kappa shape index (κ2) is 8.28. The standard InChI is InChI=1S/C19H15ClN2O4S/c20-15-4-2-1-3-13(15)10-22-18(24)16(27-19(22)25)9-12-5-7-14(8-6-12)26-11-17(21)23/h1-9H,10-11H2,(H2,21,23)/b16-9-. The molecule has 0 bridgehead atoms. The van der Waals surface area contributed by atoms with Crippen molar-refractivity contribution in [3.63, 3.8) is 0 Å². The van der Waals surface area contributed by atoms with Gasteiger partial charge in [0.15, 0.2) is 6.61 Å². The molecule has 0 spiro atoms. The van der Waals surface area contributed by atoms with Gasteiger partial charge in [-0.1, -0.05) is 41.9 Å². The Morgan fingerprint density at radius 2 is 1.85 bits per heavy atom. The average molecular weight is 403 g/mol. The number of hydrogen-bond donors (Lipinski definition) is 1. The molecular weight excluding hydrogens is 388 g/mol. The average Bonchev–Trinajstić information content (AvgIpc) is 2.90. The van der Waals surface area contributed by atoms with E-state index in [1.165, 1.54) is 4.90 Å². The van der Waals surface area contributed by atoms with E-state index in [1.807, 2.05) is 0 Å². The Morgan fingerprint density at radius 3 is 2.52 bits per heavy atom. The monoisotopic (exact) mass is 402 g/mol. The third kappa shape index (κ3) is 4.69. The number of primary amides is 1. The first-order valence-electron chi connectivity index (χ1n) is 7.94. The topological polar surface area (TPSA) is 89.7 Å². The van der Waals surface area contributed by atoms with Gasteiger partial charge in [0.05, 0.1) is 11.4 Å². The minimum Gasteiger partial charge on any atom is -0.484 e. The van der Waals surface area contributed by atoms with E-state index >= 15 is 0 Å². The molecule has 1 saturated heterocycles. The van der Waals surface area contributed by atoms with Crippen LogP contribution in [-0.4, -0.2) is 28.6 Å². The van der Waals surface area contributed by atoms with Crippen molar-refractivity contribution in [2.24, 2.45) is 5.73 Å². The molecule has 2 aromatic rings. The van der Waals surface area contributed by atoms with Crippen molar-refractivity contribution in [3.8, 4) is 5.75 Å². The van der Waals surface area contributed by atoms with Crippen LogP contribution in [0.3, 0.4) is 0 Å². The zero-order valence-corrected chi connectivity index (χ0v) is 15.6. The second-order valence-electron chi connectivity index (χ2n) is 5.68. The minimum absolute atomic E-state index is 0.127. The van der Waals surface area contributed by atoms with E-state index in [0.717, 1.165) is 17.3 Å². The lowest BCUT2D eigenvalue weighted by molar-refractivity contribution is -0.123. The first kappa shape index (κ1) is 19.0. The molecule has 0 aromatic heterocycles. The summed E-state index contributed by atoms with van der Waals surface area (Å²) in [5, 5.41) is 0.166. The number of ether oxygens (including phenoxy) is 1. The lowest BCUT2D eigenvalue weighted by atomic mass is 10.2. The number of halogens is 1. The smallest absolute Gasteiger partial charge is 0.293 e. The summed E-state index contributed by atoms with van der Waals surface area (Å²) in [4.78, 5) is 37.0. The van der Waals surface area contributed by atoms with Gasteiger partial charge in [0, 0.05) is 5.02 Å². The van der Waals surface area contributed by atoms with Crippen molar-refractivity contribution in [3.05, 3.63) is 69.6 Å². The Hall–Kier alpha value is -2.77. The van der Waals surface area contributed by atoms with Crippen molar-refractivity contribution in [1.29, 1.82) is 0 Å². The van der Waals surface area contributed by atoms with E-state index in [9.17, 15) is 14.4 Å². The number of nitrogens with two attached hydrogens (primary N) is 1. The van der Waals surface area contributed by atoms with Gasteiger partial charge in [-0.2, -0.15) is 0 Å². The van der Waals surface area contributed by atoms with Crippen LogP contribution in [-0.2, 0) is 16.1 Å². The van der Waals surface area contributed by atoms with Crippen molar-refractivity contribution in [2.45, 2.75) is 6.54 Å². The highest BCUT2D eigenvalue weighted by Gasteiger charge is 2.35. The summed E-state index contributed by atoms with van der Waals surface area (Å²) in [5.41, 5.74) is 6.46. The summed E-state index contributed by atoms with van der Waals surface area (Å²) in [6.07, 6.45) is 1.63. The number of carbonyl (C=O) groups is 3. The molecule has 0 unspecified atom stereocenters. The van der Waals surface area contributed by atoms with E-state index < -0.39 is 5.91 Å². The normalized spacial score (nSPS) is 15.4. The maximum atomic E-state index is 12.6. The fourth-order valence-electron chi connectivity index (χ4n) is 2.40. The SMILES string of the molecule is NC(=O)COc1ccc(/C=C2\SC(=O)N(Cc3ccccc3Cl)C2=O)cc1. The second-order valence-corrected chi connectivity index (χ2v) is 7.08. The van der Waals surface area contributed by atoms with Gasteiger partial charge in [-0.25, -0.2) is 0 Å². The van der Waals surface area contributed by atoms with Crippen LogP contribution in [0.25, 0.3) is 6.08 Å². The molecule has 1 aliphatic rings. The third-order valence-corrected chi connectivity index (χ3v) is 4.99. The summed E-state index contributed by atoms with van der Waals surface area (Å²) in [5.74, 6) is -0.442. The summed E-state index contributed by atoms with van der Waals surface area (Å²) >= 11 is 7.00. The Bertz CT molecular complexity index is 928. The molecule has 0 aliphatic carbocycles. The highest BCUT2D eigenvalue weighted by atomic mass is 35.5. The number of imide groups is 1. The van der Waals surface area contributed by atoms with Gasteiger partial charge >= 0.3 is 0 Å².